The Labute approximate surface area is 114 Å². The van der Waals surface area contributed by atoms with E-state index in [9.17, 15) is 0 Å². The largest absolute Gasteiger partial charge is 0.383 e. The van der Waals surface area contributed by atoms with Gasteiger partial charge in [-0.1, -0.05) is 33.2 Å². The number of nitrogens with zero attached hydrogens (tertiary/aromatic N) is 1. The van der Waals surface area contributed by atoms with Crippen molar-refractivity contribution >= 4 is 15.9 Å². The van der Waals surface area contributed by atoms with Crippen LogP contribution in [-0.2, 0) is 11.3 Å². The average molecular weight is 311 g/mol. The highest BCUT2D eigenvalue weighted by molar-refractivity contribution is 9.10. The van der Waals surface area contributed by atoms with Gasteiger partial charge in [0.05, 0.1) is 12.8 Å². The van der Waals surface area contributed by atoms with Gasteiger partial charge < -0.3 is 14.6 Å². The van der Waals surface area contributed by atoms with Crippen LogP contribution < -0.4 is 5.32 Å². The number of rotatable bonds is 6. The first-order valence-corrected chi connectivity index (χ1v) is 6.49. The summed E-state index contributed by atoms with van der Waals surface area (Å²) in [5.74, 6) is 0.812. The molecule has 0 bridgehead atoms. The Bertz CT molecular complexity index is 482. The van der Waals surface area contributed by atoms with Crippen molar-refractivity contribution in [3.63, 3.8) is 0 Å². The number of aromatic nitrogens is 1. The van der Waals surface area contributed by atoms with Gasteiger partial charge >= 0.3 is 0 Å². The average Bonchev–Trinajstić information content (AvgIpc) is 2.84. The zero-order chi connectivity index (χ0) is 12.8. The van der Waals surface area contributed by atoms with E-state index in [0.717, 1.165) is 34.4 Å². The molecule has 0 saturated carbocycles. The van der Waals surface area contributed by atoms with E-state index in [1.165, 1.54) is 0 Å². The smallest absolute Gasteiger partial charge is 0.171 e. The van der Waals surface area contributed by atoms with Crippen LogP contribution in [-0.4, -0.2) is 25.4 Å². The van der Waals surface area contributed by atoms with Crippen molar-refractivity contribution in [1.29, 1.82) is 0 Å². The lowest BCUT2D eigenvalue weighted by Crippen LogP contribution is -2.18. The van der Waals surface area contributed by atoms with Crippen LogP contribution in [0.15, 0.2) is 39.5 Å². The minimum absolute atomic E-state index is 0.693. The van der Waals surface area contributed by atoms with Gasteiger partial charge in [-0.15, -0.1) is 0 Å². The quantitative estimate of drug-likeness (QED) is 0.833. The molecule has 4 nitrogen and oxygen atoms in total. The van der Waals surface area contributed by atoms with Gasteiger partial charge in [-0.3, -0.25) is 0 Å². The highest BCUT2D eigenvalue weighted by Crippen LogP contribution is 2.24. The van der Waals surface area contributed by atoms with Crippen LogP contribution in [0, 0.1) is 0 Å². The van der Waals surface area contributed by atoms with E-state index >= 15 is 0 Å². The van der Waals surface area contributed by atoms with Gasteiger partial charge in [0.15, 0.2) is 5.76 Å². The molecule has 0 saturated heterocycles. The Balaban J connectivity index is 2.05. The van der Waals surface area contributed by atoms with Gasteiger partial charge in [0, 0.05) is 35.8 Å². The summed E-state index contributed by atoms with van der Waals surface area (Å²) in [6.45, 7) is 2.22. The summed E-state index contributed by atoms with van der Waals surface area (Å²) in [7, 11) is 1.69. The molecule has 0 atom stereocenters. The lowest BCUT2D eigenvalue weighted by molar-refractivity contribution is 0.199. The Morgan fingerprint density at radius 3 is 2.83 bits per heavy atom. The summed E-state index contributed by atoms with van der Waals surface area (Å²) in [6.07, 6.45) is 1.75. The molecule has 0 fully saturated rings. The summed E-state index contributed by atoms with van der Waals surface area (Å²) in [5, 5.41) is 7.14. The highest BCUT2D eigenvalue weighted by Gasteiger charge is 2.09. The number of ether oxygens (including phenoxy) is 1. The Morgan fingerprint density at radius 1 is 1.33 bits per heavy atom. The van der Waals surface area contributed by atoms with Crippen LogP contribution in [0.25, 0.3) is 11.3 Å². The molecule has 1 N–H and O–H groups in total. The molecule has 0 amide bonds. The highest BCUT2D eigenvalue weighted by atomic mass is 79.9. The normalized spacial score (nSPS) is 10.8. The van der Waals surface area contributed by atoms with Gasteiger partial charge in [0.2, 0.25) is 0 Å². The second kappa shape index (κ2) is 6.68. The maximum Gasteiger partial charge on any atom is 0.171 e. The first-order valence-electron chi connectivity index (χ1n) is 5.70. The molecule has 96 valence electrons. The van der Waals surface area contributed by atoms with Crippen LogP contribution in [0.3, 0.4) is 0 Å². The van der Waals surface area contributed by atoms with E-state index in [1.807, 2.05) is 24.3 Å². The van der Waals surface area contributed by atoms with Crippen LogP contribution >= 0.6 is 15.9 Å². The van der Waals surface area contributed by atoms with E-state index in [-0.39, 0.29) is 0 Å². The molecule has 2 rings (SSSR count). The molecule has 0 aliphatic rings. The van der Waals surface area contributed by atoms with Crippen molar-refractivity contribution in [3.8, 4) is 11.3 Å². The van der Waals surface area contributed by atoms with E-state index in [1.54, 1.807) is 13.3 Å². The van der Waals surface area contributed by atoms with Gasteiger partial charge in [0.1, 0.15) is 0 Å². The van der Waals surface area contributed by atoms with Crippen molar-refractivity contribution in [2.75, 3.05) is 20.3 Å². The van der Waals surface area contributed by atoms with Crippen LogP contribution in [0.4, 0.5) is 0 Å². The lowest BCUT2D eigenvalue weighted by atomic mass is 10.1. The fourth-order valence-electron chi connectivity index (χ4n) is 1.62. The standard InChI is InChI=1S/C13H15BrN2O2/c1-17-7-6-15-8-11-9-16-18-13(11)10-2-4-12(14)5-3-10/h2-5,9,15H,6-8H2,1H3. The molecule has 0 spiro atoms. The fourth-order valence-corrected chi connectivity index (χ4v) is 1.89. The van der Waals surface area contributed by atoms with Gasteiger partial charge in [0.25, 0.3) is 0 Å². The van der Waals surface area contributed by atoms with Gasteiger partial charge in [-0.05, 0) is 12.1 Å². The molecular weight excluding hydrogens is 296 g/mol. The summed E-state index contributed by atoms with van der Waals surface area (Å²) in [6, 6.07) is 7.98. The third-order valence-electron chi connectivity index (χ3n) is 2.55. The van der Waals surface area contributed by atoms with Gasteiger partial charge in [-0.2, -0.15) is 0 Å². The molecule has 18 heavy (non-hydrogen) atoms. The second-order valence-corrected chi connectivity index (χ2v) is 4.77. The Morgan fingerprint density at radius 2 is 2.11 bits per heavy atom. The molecule has 1 aromatic heterocycles. The second-order valence-electron chi connectivity index (χ2n) is 3.86. The van der Waals surface area contributed by atoms with E-state index in [4.69, 9.17) is 9.26 Å². The number of hydrogen-bond acceptors (Lipinski definition) is 4. The number of hydrogen-bond donors (Lipinski definition) is 1. The van der Waals surface area contributed by atoms with Crippen molar-refractivity contribution in [2.24, 2.45) is 0 Å². The molecule has 5 heteroatoms. The molecule has 0 unspecified atom stereocenters. The molecule has 0 aliphatic carbocycles. The van der Waals surface area contributed by atoms with Crippen molar-refractivity contribution < 1.29 is 9.26 Å². The topological polar surface area (TPSA) is 47.3 Å². The predicted molar refractivity (Wildman–Crippen MR) is 73.2 cm³/mol. The van der Waals surface area contributed by atoms with Crippen LogP contribution in [0.2, 0.25) is 0 Å². The Kier molecular flexibility index (Phi) is 4.92. The summed E-state index contributed by atoms with van der Waals surface area (Å²) >= 11 is 3.41. The van der Waals surface area contributed by atoms with E-state index < -0.39 is 0 Å². The predicted octanol–water partition coefficient (Wildman–Crippen LogP) is 2.84. The van der Waals surface area contributed by atoms with Crippen LogP contribution in [0.1, 0.15) is 5.56 Å². The lowest BCUT2D eigenvalue weighted by Gasteiger charge is -2.04. The Hall–Kier alpha value is -1.17. The first-order chi connectivity index (χ1) is 8.81. The summed E-state index contributed by atoms with van der Waals surface area (Å²) < 4.78 is 11.3. The third kappa shape index (κ3) is 3.41. The number of nitrogens with one attached hydrogen (secondary N) is 1. The van der Waals surface area contributed by atoms with E-state index in [2.05, 4.69) is 26.4 Å². The van der Waals surface area contributed by atoms with E-state index in [0.29, 0.717) is 6.61 Å². The van der Waals surface area contributed by atoms with Crippen molar-refractivity contribution in [3.05, 3.63) is 40.5 Å². The zero-order valence-corrected chi connectivity index (χ0v) is 11.7. The molecule has 1 aromatic carbocycles. The summed E-state index contributed by atoms with van der Waals surface area (Å²) in [4.78, 5) is 0. The molecule has 2 aromatic rings. The SMILES string of the molecule is COCCNCc1cnoc1-c1ccc(Br)cc1. The maximum atomic E-state index is 5.31. The number of methoxy groups -OCH3 is 1. The molecular formula is C13H15BrN2O2. The molecule has 0 radical (unpaired) electrons. The van der Waals surface area contributed by atoms with Crippen LogP contribution in [0.5, 0.6) is 0 Å². The fraction of sp³-hybridized carbons (Fsp3) is 0.308. The summed E-state index contributed by atoms with van der Waals surface area (Å²) in [5.41, 5.74) is 2.08. The first kappa shape index (κ1) is 13.3. The zero-order valence-electron chi connectivity index (χ0n) is 10.1. The van der Waals surface area contributed by atoms with Crippen molar-refractivity contribution in [1.82, 2.24) is 10.5 Å². The monoisotopic (exact) mass is 310 g/mol. The molecule has 1 heterocycles. The number of halogens is 1. The maximum absolute atomic E-state index is 5.31. The number of benzene rings is 1. The van der Waals surface area contributed by atoms with Gasteiger partial charge in [-0.25, -0.2) is 0 Å². The molecule has 0 aliphatic heterocycles. The minimum atomic E-state index is 0.693. The van der Waals surface area contributed by atoms with Crippen molar-refractivity contribution in [2.45, 2.75) is 6.54 Å². The minimum Gasteiger partial charge on any atom is -0.383 e. The third-order valence-corrected chi connectivity index (χ3v) is 3.08.